The number of hydrogen-bond acceptors (Lipinski definition) is 3. The van der Waals surface area contributed by atoms with Crippen LogP contribution >= 0.6 is 11.8 Å². The molecule has 0 atom stereocenters. The van der Waals surface area contributed by atoms with Gasteiger partial charge in [0, 0.05) is 36.2 Å². The Hall–Kier alpha value is -1.07. The van der Waals surface area contributed by atoms with Gasteiger partial charge in [-0.1, -0.05) is 0 Å². The average molecular weight is 282 g/mol. The van der Waals surface area contributed by atoms with E-state index >= 15 is 0 Å². The number of benzene rings is 1. The number of thioether (sulfide) groups is 1. The van der Waals surface area contributed by atoms with Crippen molar-refractivity contribution in [3.8, 4) is 0 Å². The first-order valence-electron chi connectivity index (χ1n) is 6.57. The third-order valence-corrected chi connectivity index (χ3v) is 4.30. The molecule has 1 heterocycles. The molecule has 1 aromatic rings. The van der Waals surface area contributed by atoms with Crippen LogP contribution in [-0.4, -0.2) is 35.7 Å². The van der Waals surface area contributed by atoms with E-state index in [0.29, 0.717) is 6.42 Å². The number of carbonyl (C=O) groups is 1. The normalized spacial score (nSPS) is 16.6. The Morgan fingerprint density at radius 1 is 1.32 bits per heavy atom. The Morgan fingerprint density at radius 3 is 2.58 bits per heavy atom. The number of hydrogen-bond donors (Lipinski definition) is 1. The SMILES string of the molecule is NC1CCN(C(=O)CCSc2ccc(F)cc2)CC1. The standard InChI is InChI=1S/C14H19FN2OS/c15-11-1-3-13(4-2-11)19-10-7-14(18)17-8-5-12(16)6-9-17/h1-4,12H,5-10,16H2. The van der Waals surface area contributed by atoms with E-state index in [9.17, 15) is 9.18 Å². The summed E-state index contributed by atoms with van der Waals surface area (Å²) in [6.45, 7) is 1.56. The summed E-state index contributed by atoms with van der Waals surface area (Å²) in [5.41, 5.74) is 5.81. The molecule has 3 nitrogen and oxygen atoms in total. The number of likely N-dealkylation sites (tertiary alicyclic amines) is 1. The molecule has 1 aliphatic rings. The molecule has 5 heteroatoms. The van der Waals surface area contributed by atoms with Crippen LogP contribution in [0.15, 0.2) is 29.2 Å². The van der Waals surface area contributed by atoms with Crippen molar-refractivity contribution in [3.63, 3.8) is 0 Å². The Balaban J connectivity index is 1.70. The molecule has 19 heavy (non-hydrogen) atoms. The fraction of sp³-hybridized carbons (Fsp3) is 0.500. The topological polar surface area (TPSA) is 46.3 Å². The summed E-state index contributed by atoms with van der Waals surface area (Å²) in [7, 11) is 0. The quantitative estimate of drug-likeness (QED) is 0.862. The summed E-state index contributed by atoms with van der Waals surface area (Å²) in [4.78, 5) is 14.9. The van der Waals surface area contributed by atoms with Crippen molar-refractivity contribution in [1.82, 2.24) is 4.90 Å². The van der Waals surface area contributed by atoms with Crippen LogP contribution < -0.4 is 5.73 Å². The smallest absolute Gasteiger partial charge is 0.223 e. The summed E-state index contributed by atoms with van der Waals surface area (Å²) in [5.74, 6) is 0.694. The maximum Gasteiger partial charge on any atom is 0.223 e. The van der Waals surface area contributed by atoms with Gasteiger partial charge in [0.05, 0.1) is 0 Å². The zero-order valence-electron chi connectivity index (χ0n) is 10.8. The second-order valence-electron chi connectivity index (χ2n) is 4.77. The molecule has 104 valence electrons. The van der Waals surface area contributed by atoms with Gasteiger partial charge in [-0.2, -0.15) is 0 Å². The second kappa shape index (κ2) is 6.91. The molecule has 0 aliphatic carbocycles. The van der Waals surface area contributed by atoms with Crippen molar-refractivity contribution in [1.29, 1.82) is 0 Å². The number of amides is 1. The first kappa shape index (κ1) is 14.3. The lowest BCUT2D eigenvalue weighted by Gasteiger charge is -2.30. The average Bonchev–Trinajstić information content (AvgIpc) is 2.41. The highest BCUT2D eigenvalue weighted by Gasteiger charge is 2.19. The first-order chi connectivity index (χ1) is 9.15. The maximum atomic E-state index is 12.7. The summed E-state index contributed by atoms with van der Waals surface area (Å²) in [6.07, 6.45) is 2.32. The fourth-order valence-corrected chi connectivity index (χ4v) is 2.93. The van der Waals surface area contributed by atoms with E-state index in [2.05, 4.69) is 0 Å². The molecule has 0 aromatic heterocycles. The number of carbonyl (C=O) groups excluding carboxylic acids is 1. The summed E-state index contributed by atoms with van der Waals surface area (Å²) >= 11 is 1.58. The highest BCUT2D eigenvalue weighted by atomic mass is 32.2. The van der Waals surface area contributed by atoms with E-state index < -0.39 is 0 Å². The minimum Gasteiger partial charge on any atom is -0.343 e. The van der Waals surface area contributed by atoms with Crippen LogP contribution in [0.1, 0.15) is 19.3 Å². The summed E-state index contributed by atoms with van der Waals surface area (Å²) < 4.78 is 12.7. The van der Waals surface area contributed by atoms with Crippen molar-refractivity contribution in [2.45, 2.75) is 30.2 Å². The number of piperidine rings is 1. The fourth-order valence-electron chi connectivity index (χ4n) is 2.09. The zero-order chi connectivity index (χ0) is 13.7. The van der Waals surface area contributed by atoms with Crippen LogP contribution in [0.5, 0.6) is 0 Å². The minimum absolute atomic E-state index is 0.196. The van der Waals surface area contributed by atoms with E-state index in [1.54, 1.807) is 23.9 Å². The Kier molecular flexibility index (Phi) is 5.22. The highest BCUT2D eigenvalue weighted by molar-refractivity contribution is 7.99. The molecule has 0 bridgehead atoms. The minimum atomic E-state index is -0.231. The molecule has 1 amide bonds. The molecule has 2 rings (SSSR count). The lowest BCUT2D eigenvalue weighted by atomic mass is 10.1. The van der Waals surface area contributed by atoms with E-state index in [0.717, 1.165) is 36.6 Å². The van der Waals surface area contributed by atoms with Crippen LogP contribution in [0.2, 0.25) is 0 Å². The van der Waals surface area contributed by atoms with Gasteiger partial charge in [-0.25, -0.2) is 4.39 Å². The highest BCUT2D eigenvalue weighted by Crippen LogP contribution is 2.19. The van der Waals surface area contributed by atoms with Gasteiger partial charge in [0.2, 0.25) is 5.91 Å². The molecular formula is C14H19FN2OS. The van der Waals surface area contributed by atoms with Crippen molar-refractivity contribution in [3.05, 3.63) is 30.1 Å². The molecule has 1 fully saturated rings. The molecule has 1 aliphatic heterocycles. The zero-order valence-corrected chi connectivity index (χ0v) is 11.7. The maximum absolute atomic E-state index is 12.7. The van der Waals surface area contributed by atoms with Crippen LogP contribution in [0.25, 0.3) is 0 Å². The third-order valence-electron chi connectivity index (χ3n) is 3.29. The number of halogens is 1. The van der Waals surface area contributed by atoms with E-state index in [-0.39, 0.29) is 17.8 Å². The molecule has 1 aromatic carbocycles. The molecule has 0 radical (unpaired) electrons. The van der Waals surface area contributed by atoms with Crippen LogP contribution in [-0.2, 0) is 4.79 Å². The van der Waals surface area contributed by atoms with Gasteiger partial charge < -0.3 is 10.6 Å². The molecule has 0 spiro atoms. The van der Waals surface area contributed by atoms with Gasteiger partial charge in [-0.3, -0.25) is 4.79 Å². The number of rotatable bonds is 4. The van der Waals surface area contributed by atoms with Crippen LogP contribution in [0, 0.1) is 5.82 Å². The first-order valence-corrected chi connectivity index (χ1v) is 7.55. The predicted molar refractivity (Wildman–Crippen MR) is 75.5 cm³/mol. The summed E-state index contributed by atoms with van der Waals surface area (Å²) in [5, 5.41) is 0. The monoisotopic (exact) mass is 282 g/mol. The second-order valence-corrected chi connectivity index (χ2v) is 5.94. The molecule has 2 N–H and O–H groups in total. The van der Waals surface area contributed by atoms with E-state index in [1.807, 2.05) is 4.90 Å². The Morgan fingerprint density at radius 2 is 1.95 bits per heavy atom. The van der Waals surface area contributed by atoms with Gasteiger partial charge in [0.1, 0.15) is 5.82 Å². The van der Waals surface area contributed by atoms with Crippen molar-refractivity contribution < 1.29 is 9.18 Å². The molecular weight excluding hydrogens is 263 g/mol. The van der Waals surface area contributed by atoms with Crippen LogP contribution in [0.4, 0.5) is 4.39 Å². The summed E-state index contributed by atoms with van der Waals surface area (Å²) in [6, 6.07) is 6.61. The van der Waals surface area contributed by atoms with Crippen molar-refractivity contribution in [2.24, 2.45) is 5.73 Å². The predicted octanol–water partition coefficient (Wildman–Crippen LogP) is 2.26. The van der Waals surface area contributed by atoms with E-state index in [1.165, 1.54) is 12.1 Å². The third kappa shape index (κ3) is 4.51. The van der Waals surface area contributed by atoms with Gasteiger partial charge in [0.15, 0.2) is 0 Å². The number of nitrogens with two attached hydrogens (primary N) is 1. The number of nitrogens with zero attached hydrogens (tertiary/aromatic N) is 1. The van der Waals surface area contributed by atoms with Crippen LogP contribution in [0.3, 0.4) is 0 Å². The van der Waals surface area contributed by atoms with Crippen molar-refractivity contribution in [2.75, 3.05) is 18.8 Å². The largest absolute Gasteiger partial charge is 0.343 e. The lowest BCUT2D eigenvalue weighted by Crippen LogP contribution is -2.42. The molecule has 1 saturated heterocycles. The van der Waals surface area contributed by atoms with Gasteiger partial charge in [-0.15, -0.1) is 11.8 Å². The Bertz CT molecular complexity index is 416. The van der Waals surface area contributed by atoms with Gasteiger partial charge in [-0.05, 0) is 37.1 Å². The van der Waals surface area contributed by atoms with Gasteiger partial charge >= 0.3 is 0 Å². The Labute approximate surface area is 117 Å². The van der Waals surface area contributed by atoms with Gasteiger partial charge in [0.25, 0.3) is 0 Å². The molecule has 0 saturated carbocycles. The molecule has 0 unspecified atom stereocenters. The lowest BCUT2D eigenvalue weighted by molar-refractivity contribution is -0.131. The van der Waals surface area contributed by atoms with E-state index in [4.69, 9.17) is 5.73 Å². The van der Waals surface area contributed by atoms with Crippen molar-refractivity contribution >= 4 is 17.7 Å².